The predicted molar refractivity (Wildman–Crippen MR) is 145 cm³/mol. The van der Waals surface area contributed by atoms with Gasteiger partial charge in [0.15, 0.2) is 17.1 Å². The Kier molecular flexibility index (Phi) is 8.17. The van der Waals surface area contributed by atoms with Gasteiger partial charge in [0.1, 0.15) is 16.8 Å². The second-order valence-corrected chi connectivity index (χ2v) is 11.3. The van der Waals surface area contributed by atoms with Crippen LogP contribution in [-0.2, 0) is 24.2 Å². The molecule has 2 atom stereocenters. The Morgan fingerprint density at radius 1 is 1.44 bits per heavy atom. The highest BCUT2D eigenvalue weighted by atomic mass is 32.2. The van der Waals surface area contributed by atoms with Crippen LogP contribution in [0.2, 0.25) is 0 Å². The van der Waals surface area contributed by atoms with Crippen molar-refractivity contribution in [2.24, 2.45) is 5.92 Å². The summed E-state index contributed by atoms with van der Waals surface area (Å²) in [5.74, 6) is 2.07. The molecular formula is C27H31N5O2S2. The Bertz CT molecular complexity index is 1320. The van der Waals surface area contributed by atoms with Gasteiger partial charge in [-0.3, -0.25) is 9.36 Å². The lowest BCUT2D eigenvalue weighted by Crippen LogP contribution is -2.15. The van der Waals surface area contributed by atoms with E-state index in [1.54, 1.807) is 6.08 Å². The number of allylic oxidation sites excluding steroid dienone is 1. The molecule has 0 spiro atoms. The maximum Gasteiger partial charge on any atom is 0.235 e. The van der Waals surface area contributed by atoms with Gasteiger partial charge in [-0.15, -0.1) is 28.1 Å². The van der Waals surface area contributed by atoms with Crippen LogP contribution in [-0.4, -0.2) is 26.4 Å². The molecule has 1 amide bonds. The van der Waals surface area contributed by atoms with E-state index in [0.717, 1.165) is 36.1 Å². The fourth-order valence-electron chi connectivity index (χ4n) is 4.43. The molecule has 1 aromatic carbocycles. The van der Waals surface area contributed by atoms with Crippen molar-refractivity contribution in [3.63, 3.8) is 0 Å². The Labute approximate surface area is 220 Å². The lowest BCUT2D eigenvalue weighted by molar-refractivity contribution is -0.113. The van der Waals surface area contributed by atoms with Crippen molar-refractivity contribution in [2.75, 3.05) is 11.1 Å². The summed E-state index contributed by atoms with van der Waals surface area (Å²) >= 11 is 2.84. The second-order valence-electron chi connectivity index (χ2n) is 9.27. The van der Waals surface area contributed by atoms with Crippen molar-refractivity contribution in [3.8, 4) is 11.8 Å². The van der Waals surface area contributed by atoms with E-state index in [9.17, 15) is 10.1 Å². The van der Waals surface area contributed by atoms with E-state index in [-0.39, 0.29) is 17.8 Å². The van der Waals surface area contributed by atoms with Gasteiger partial charge in [-0.2, -0.15) is 5.26 Å². The number of nitrogens with zero attached hydrogens (tertiary/aromatic N) is 4. The van der Waals surface area contributed by atoms with E-state index in [0.29, 0.717) is 34.0 Å². The first-order valence-corrected chi connectivity index (χ1v) is 13.9. The van der Waals surface area contributed by atoms with Gasteiger partial charge in [0, 0.05) is 11.4 Å². The monoisotopic (exact) mass is 521 g/mol. The molecule has 0 bridgehead atoms. The number of hydrogen-bond acceptors (Lipinski definition) is 7. The number of hydrogen-bond donors (Lipinski definition) is 1. The Hall–Kier alpha value is -3.09. The molecule has 2 aromatic heterocycles. The van der Waals surface area contributed by atoms with Crippen LogP contribution in [0.5, 0.6) is 5.75 Å². The first-order chi connectivity index (χ1) is 17.3. The number of thioether (sulfide) groups is 1. The van der Waals surface area contributed by atoms with Crippen molar-refractivity contribution >= 4 is 34.0 Å². The molecule has 188 valence electrons. The smallest absolute Gasteiger partial charge is 0.235 e. The van der Waals surface area contributed by atoms with Crippen LogP contribution in [0, 0.1) is 31.1 Å². The molecule has 2 unspecified atom stereocenters. The van der Waals surface area contributed by atoms with Crippen LogP contribution < -0.4 is 10.1 Å². The summed E-state index contributed by atoms with van der Waals surface area (Å²) in [6.45, 7) is 12.6. The number of nitrogens with one attached hydrogen (secondary N) is 1. The maximum atomic E-state index is 12.8. The van der Waals surface area contributed by atoms with Crippen LogP contribution in [0.15, 0.2) is 36.0 Å². The van der Waals surface area contributed by atoms with Crippen LogP contribution in [0.1, 0.15) is 59.3 Å². The molecule has 0 saturated carbocycles. The molecular weight excluding hydrogens is 490 g/mol. The number of ether oxygens (including phenoxy) is 1. The molecule has 0 radical (unpaired) electrons. The number of benzene rings is 1. The van der Waals surface area contributed by atoms with Crippen molar-refractivity contribution in [3.05, 3.63) is 63.8 Å². The molecule has 4 rings (SSSR count). The molecule has 0 aliphatic heterocycles. The summed E-state index contributed by atoms with van der Waals surface area (Å²) < 4.78 is 8.11. The minimum Gasteiger partial charge on any atom is -0.482 e. The fourth-order valence-corrected chi connectivity index (χ4v) is 6.57. The summed E-state index contributed by atoms with van der Waals surface area (Å²) in [5.41, 5.74) is 3.97. The number of fused-ring (bicyclic) bond motifs is 1. The van der Waals surface area contributed by atoms with E-state index in [4.69, 9.17) is 4.74 Å². The summed E-state index contributed by atoms with van der Waals surface area (Å²) in [4.78, 5) is 14.0. The van der Waals surface area contributed by atoms with Crippen molar-refractivity contribution in [1.82, 2.24) is 14.8 Å². The Morgan fingerprint density at radius 2 is 2.25 bits per heavy atom. The van der Waals surface area contributed by atoms with E-state index in [1.165, 1.54) is 33.5 Å². The van der Waals surface area contributed by atoms with Gasteiger partial charge in [-0.1, -0.05) is 42.5 Å². The largest absolute Gasteiger partial charge is 0.482 e. The number of carbonyl (C=O) groups is 1. The average Bonchev–Trinajstić information content (AvgIpc) is 3.39. The molecule has 0 fully saturated rings. The zero-order valence-electron chi connectivity index (χ0n) is 21.1. The first kappa shape index (κ1) is 26.0. The SMILES string of the molecule is C=CCn1c(SCC(=O)Nc2sc3c(c2C#N)CCC(C)C3)nnc1C(C)Oc1ccc(C)cc1C. The second kappa shape index (κ2) is 11.3. The summed E-state index contributed by atoms with van der Waals surface area (Å²) in [5, 5.41) is 22.6. The molecule has 1 aliphatic rings. The van der Waals surface area contributed by atoms with Crippen LogP contribution >= 0.6 is 23.1 Å². The van der Waals surface area contributed by atoms with Crippen LogP contribution in [0.25, 0.3) is 0 Å². The standard InChI is InChI=1S/C27H31N5O2S2/c1-6-11-32-25(19(5)34-22-10-8-16(2)12-18(22)4)30-31-27(32)35-15-24(33)29-26-21(14-28)20-9-7-17(3)13-23(20)36-26/h6,8,10,12,17,19H,1,7,9,11,13,15H2,2-5H3,(H,29,33). The lowest BCUT2D eigenvalue weighted by Gasteiger charge is -2.17. The van der Waals surface area contributed by atoms with Gasteiger partial charge in [0.05, 0.1) is 11.3 Å². The normalized spacial score (nSPS) is 15.6. The minimum atomic E-state index is -0.333. The predicted octanol–water partition coefficient (Wildman–Crippen LogP) is 6.01. The molecule has 1 aliphatic carbocycles. The lowest BCUT2D eigenvalue weighted by atomic mass is 9.89. The molecule has 0 saturated heterocycles. The average molecular weight is 522 g/mol. The van der Waals surface area contributed by atoms with E-state index < -0.39 is 0 Å². The third-order valence-corrected chi connectivity index (χ3v) is 8.40. The minimum absolute atomic E-state index is 0.158. The van der Waals surface area contributed by atoms with Crippen LogP contribution in [0.4, 0.5) is 5.00 Å². The molecule has 3 aromatic rings. The fraction of sp³-hybridized carbons (Fsp3) is 0.407. The maximum absolute atomic E-state index is 12.8. The van der Waals surface area contributed by atoms with Gasteiger partial charge in [0.2, 0.25) is 5.91 Å². The highest BCUT2D eigenvalue weighted by molar-refractivity contribution is 7.99. The van der Waals surface area contributed by atoms with Crippen molar-refractivity contribution < 1.29 is 9.53 Å². The van der Waals surface area contributed by atoms with Crippen molar-refractivity contribution in [2.45, 2.75) is 64.8 Å². The number of amides is 1. The van der Waals surface area contributed by atoms with E-state index >= 15 is 0 Å². The number of rotatable bonds is 9. The van der Waals surface area contributed by atoms with E-state index in [1.807, 2.05) is 30.5 Å². The van der Waals surface area contributed by atoms with Gasteiger partial charge < -0.3 is 10.1 Å². The van der Waals surface area contributed by atoms with Gasteiger partial charge in [0.25, 0.3) is 0 Å². The van der Waals surface area contributed by atoms with E-state index in [2.05, 4.69) is 48.1 Å². The molecule has 7 nitrogen and oxygen atoms in total. The number of nitriles is 1. The highest BCUT2D eigenvalue weighted by Crippen LogP contribution is 2.39. The summed E-state index contributed by atoms with van der Waals surface area (Å²) in [6.07, 6.45) is 4.39. The van der Waals surface area contributed by atoms with Gasteiger partial charge in [-0.25, -0.2) is 0 Å². The molecule has 1 N–H and O–H groups in total. The van der Waals surface area contributed by atoms with Crippen molar-refractivity contribution in [1.29, 1.82) is 5.26 Å². The zero-order chi connectivity index (χ0) is 25.8. The van der Waals surface area contributed by atoms with Gasteiger partial charge in [-0.05, 0) is 63.1 Å². The van der Waals surface area contributed by atoms with Gasteiger partial charge >= 0.3 is 0 Å². The highest BCUT2D eigenvalue weighted by Gasteiger charge is 2.25. The number of thiophene rings is 1. The Balaban J connectivity index is 1.44. The number of aryl methyl sites for hydroxylation is 2. The number of aromatic nitrogens is 3. The molecule has 2 heterocycles. The Morgan fingerprint density at radius 3 is 2.97 bits per heavy atom. The quantitative estimate of drug-likeness (QED) is 0.274. The third-order valence-electron chi connectivity index (χ3n) is 6.26. The first-order valence-electron chi connectivity index (χ1n) is 12.1. The number of anilines is 1. The molecule has 9 heteroatoms. The summed E-state index contributed by atoms with van der Waals surface area (Å²) in [6, 6.07) is 8.37. The summed E-state index contributed by atoms with van der Waals surface area (Å²) in [7, 11) is 0. The molecule has 36 heavy (non-hydrogen) atoms. The topological polar surface area (TPSA) is 92.8 Å². The zero-order valence-corrected chi connectivity index (χ0v) is 22.8. The number of carbonyl (C=O) groups excluding carboxylic acids is 1. The van der Waals surface area contributed by atoms with Crippen LogP contribution in [0.3, 0.4) is 0 Å². The third kappa shape index (κ3) is 5.66.